The van der Waals surface area contributed by atoms with E-state index in [1.807, 2.05) is 32.0 Å². The second-order valence-corrected chi connectivity index (χ2v) is 4.57. The third-order valence-electron chi connectivity index (χ3n) is 2.96. The zero-order chi connectivity index (χ0) is 14.5. The number of rotatable bonds is 4. The van der Waals surface area contributed by atoms with E-state index in [1.165, 1.54) is 5.56 Å². The minimum Gasteiger partial charge on any atom is -0.481 e. The van der Waals surface area contributed by atoms with Gasteiger partial charge in [-0.1, -0.05) is 6.07 Å². The Balaban J connectivity index is 1.98. The van der Waals surface area contributed by atoms with Gasteiger partial charge in [-0.3, -0.25) is 10.1 Å². The van der Waals surface area contributed by atoms with Crippen LogP contribution in [-0.2, 0) is 4.79 Å². The highest BCUT2D eigenvalue weighted by Gasteiger charge is 2.15. The molecule has 5 heteroatoms. The van der Waals surface area contributed by atoms with Gasteiger partial charge in [-0.25, -0.2) is 9.97 Å². The van der Waals surface area contributed by atoms with Crippen LogP contribution in [0.2, 0.25) is 0 Å². The highest BCUT2D eigenvalue weighted by Crippen LogP contribution is 2.17. The third kappa shape index (κ3) is 3.54. The standard InChI is InChI=1S/C15H17N3O2/c1-10-5-6-13(9-11(10)2)20-12(3)14(19)18-15-16-7-4-8-17-15/h4-9,12H,1-3H3,(H,16,17,18,19). The highest BCUT2D eigenvalue weighted by atomic mass is 16.5. The predicted octanol–water partition coefficient (Wildman–Crippen LogP) is 2.50. The first-order valence-corrected chi connectivity index (χ1v) is 6.38. The fourth-order valence-electron chi connectivity index (χ4n) is 1.62. The molecule has 0 fully saturated rings. The van der Waals surface area contributed by atoms with Crippen LogP contribution in [0.1, 0.15) is 18.1 Å². The molecule has 1 aromatic heterocycles. The van der Waals surface area contributed by atoms with E-state index in [4.69, 9.17) is 4.74 Å². The largest absolute Gasteiger partial charge is 0.481 e. The Morgan fingerprint density at radius 1 is 1.20 bits per heavy atom. The summed E-state index contributed by atoms with van der Waals surface area (Å²) in [5.74, 6) is 0.659. The number of nitrogens with one attached hydrogen (secondary N) is 1. The van der Waals surface area contributed by atoms with Gasteiger partial charge in [0.2, 0.25) is 5.95 Å². The molecule has 0 saturated heterocycles. The van der Waals surface area contributed by atoms with Crippen molar-refractivity contribution in [3.8, 4) is 5.75 Å². The van der Waals surface area contributed by atoms with Crippen molar-refractivity contribution >= 4 is 11.9 Å². The molecule has 20 heavy (non-hydrogen) atoms. The van der Waals surface area contributed by atoms with E-state index in [1.54, 1.807) is 25.4 Å². The van der Waals surface area contributed by atoms with Gasteiger partial charge < -0.3 is 4.74 Å². The average molecular weight is 271 g/mol. The number of amides is 1. The molecule has 1 amide bonds. The van der Waals surface area contributed by atoms with Gasteiger partial charge in [0, 0.05) is 12.4 Å². The average Bonchev–Trinajstić information content (AvgIpc) is 2.44. The van der Waals surface area contributed by atoms with Crippen molar-refractivity contribution in [3.63, 3.8) is 0 Å². The maximum Gasteiger partial charge on any atom is 0.267 e. The molecule has 0 aliphatic carbocycles. The number of hydrogen-bond acceptors (Lipinski definition) is 4. The van der Waals surface area contributed by atoms with E-state index in [-0.39, 0.29) is 11.9 Å². The lowest BCUT2D eigenvalue weighted by Gasteiger charge is -2.14. The molecule has 0 bridgehead atoms. The normalized spacial score (nSPS) is 11.8. The molecule has 1 heterocycles. The van der Waals surface area contributed by atoms with E-state index in [0.717, 1.165) is 5.56 Å². The Morgan fingerprint density at radius 3 is 2.55 bits per heavy atom. The van der Waals surface area contributed by atoms with Crippen molar-refractivity contribution < 1.29 is 9.53 Å². The van der Waals surface area contributed by atoms with Crippen LogP contribution in [0.3, 0.4) is 0 Å². The van der Waals surface area contributed by atoms with Crippen LogP contribution in [0.25, 0.3) is 0 Å². The predicted molar refractivity (Wildman–Crippen MR) is 76.7 cm³/mol. The van der Waals surface area contributed by atoms with Gasteiger partial charge in [0.25, 0.3) is 5.91 Å². The molecule has 0 saturated carbocycles. The Hall–Kier alpha value is -2.43. The van der Waals surface area contributed by atoms with Gasteiger partial charge >= 0.3 is 0 Å². The third-order valence-corrected chi connectivity index (χ3v) is 2.96. The number of aromatic nitrogens is 2. The van der Waals surface area contributed by atoms with Crippen LogP contribution < -0.4 is 10.1 Å². The number of aryl methyl sites for hydroxylation is 2. The number of carbonyl (C=O) groups is 1. The monoisotopic (exact) mass is 271 g/mol. The van der Waals surface area contributed by atoms with Crippen LogP contribution >= 0.6 is 0 Å². The van der Waals surface area contributed by atoms with E-state index >= 15 is 0 Å². The Morgan fingerprint density at radius 2 is 1.90 bits per heavy atom. The van der Waals surface area contributed by atoms with Crippen molar-refractivity contribution in [3.05, 3.63) is 47.8 Å². The fourth-order valence-corrected chi connectivity index (χ4v) is 1.62. The summed E-state index contributed by atoms with van der Waals surface area (Å²) in [7, 11) is 0. The van der Waals surface area contributed by atoms with Crippen molar-refractivity contribution in [2.24, 2.45) is 0 Å². The fraction of sp³-hybridized carbons (Fsp3) is 0.267. The Kier molecular flexibility index (Phi) is 4.30. The minimum absolute atomic E-state index is 0.271. The minimum atomic E-state index is -0.624. The number of nitrogens with zero attached hydrogens (tertiary/aromatic N) is 2. The topological polar surface area (TPSA) is 64.1 Å². The van der Waals surface area contributed by atoms with E-state index in [2.05, 4.69) is 15.3 Å². The molecular weight excluding hydrogens is 254 g/mol. The maximum absolute atomic E-state index is 12.0. The molecule has 2 aromatic rings. The van der Waals surface area contributed by atoms with Crippen molar-refractivity contribution in [1.29, 1.82) is 0 Å². The van der Waals surface area contributed by atoms with Crippen molar-refractivity contribution in [2.45, 2.75) is 26.9 Å². The lowest BCUT2D eigenvalue weighted by molar-refractivity contribution is -0.122. The maximum atomic E-state index is 12.0. The summed E-state index contributed by atoms with van der Waals surface area (Å²) >= 11 is 0. The van der Waals surface area contributed by atoms with E-state index in [9.17, 15) is 4.79 Å². The second-order valence-electron chi connectivity index (χ2n) is 4.57. The molecule has 0 aliphatic heterocycles. The van der Waals surface area contributed by atoms with E-state index < -0.39 is 6.10 Å². The van der Waals surface area contributed by atoms with Gasteiger partial charge in [-0.2, -0.15) is 0 Å². The van der Waals surface area contributed by atoms with Gasteiger partial charge in [0.15, 0.2) is 6.10 Å². The number of ether oxygens (including phenoxy) is 1. The summed E-state index contributed by atoms with van der Waals surface area (Å²) in [6.45, 7) is 5.72. The van der Waals surface area contributed by atoms with Crippen LogP contribution in [0, 0.1) is 13.8 Å². The van der Waals surface area contributed by atoms with Crippen LogP contribution in [0.15, 0.2) is 36.7 Å². The molecule has 5 nitrogen and oxygen atoms in total. The first kappa shape index (κ1) is 14.0. The molecule has 1 N–H and O–H groups in total. The van der Waals surface area contributed by atoms with Crippen LogP contribution in [0.5, 0.6) is 5.75 Å². The molecule has 2 rings (SSSR count). The summed E-state index contributed by atoms with van der Waals surface area (Å²) in [5, 5.41) is 2.60. The summed E-state index contributed by atoms with van der Waals surface area (Å²) in [6.07, 6.45) is 2.51. The van der Waals surface area contributed by atoms with Gasteiger partial charge in [0.1, 0.15) is 5.75 Å². The molecule has 0 radical (unpaired) electrons. The number of hydrogen-bond donors (Lipinski definition) is 1. The molecule has 1 atom stereocenters. The van der Waals surface area contributed by atoms with Gasteiger partial charge in [-0.05, 0) is 50.1 Å². The van der Waals surface area contributed by atoms with Crippen LogP contribution in [-0.4, -0.2) is 22.0 Å². The quantitative estimate of drug-likeness (QED) is 0.928. The molecule has 0 aliphatic rings. The first-order valence-electron chi connectivity index (χ1n) is 6.38. The molecule has 1 aromatic carbocycles. The van der Waals surface area contributed by atoms with Gasteiger partial charge in [-0.15, -0.1) is 0 Å². The summed E-state index contributed by atoms with van der Waals surface area (Å²) in [6, 6.07) is 7.42. The Labute approximate surface area is 118 Å². The zero-order valence-electron chi connectivity index (χ0n) is 11.8. The number of anilines is 1. The van der Waals surface area contributed by atoms with Crippen molar-refractivity contribution in [2.75, 3.05) is 5.32 Å². The summed E-state index contributed by atoms with van der Waals surface area (Å²) in [5.41, 5.74) is 2.31. The first-order chi connectivity index (χ1) is 9.56. The summed E-state index contributed by atoms with van der Waals surface area (Å²) < 4.78 is 5.62. The smallest absolute Gasteiger partial charge is 0.267 e. The molecule has 104 valence electrons. The molecular formula is C15H17N3O2. The number of benzene rings is 1. The summed E-state index contributed by atoms with van der Waals surface area (Å²) in [4.78, 5) is 19.8. The van der Waals surface area contributed by atoms with Gasteiger partial charge in [0.05, 0.1) is 0 Å². The Bertz CT molecular complexity index is 599. The molecule has 0 spiro atoms. The molecule has 1 unspecified atom stereocenters. The highest BCUT2D eigenvalue weighted by molar-refractivity contribution is 5.92. The zero-order valence-corrected chi connectivity index (χ0v) is 11.8. The lowest BCUT2D eigenvalue weighted by Crippen LogP contribution is -2.30. The van der Waals surface area contributed by atoms with Crippen LogP contribution in [0.4, 0.5) is 5.95 Å². The second kappa shape index (κ2) is 6.14. The van der Waals surface area contributed by atoms with E-state index in [0.29, 0.717) is 5.75 Å². The SMILES string of the molecule is Cc1ccc(OC(C)C(=O)Nc2ncccn2)cc1C. The number of carbonyl (C=O) groups excluding carboxylic acids is 1. The lowest BCUT2D eigenvalue weighted by atomic mass is 10.1. The van der Waals surface area contributed by atoms with Crippen molar-refractivity contribution in [1.82, 2.24) is 9.97 Å².